The highest BCUT2D eigenvalue weighted by molar-refractivity contribution is 9.11. The first-order valence-electron chi connectivity index (χ1n) is 6.05. The van der Waals surface area contributed by atoms with Crippen molar-refractivity contribution in [2.45, 2.75) is 37.4 Å². The number of thiophene rings is 1. The molecule has 3 rings (SSSR count). The molecule has 1 heterocycles. The minimum atomic E-state index is 0.588. The van der Waals surface area contributed by atoms with Gasteiger partial charge in [-0.2, -0.15) is 0 Å². The van der Waals surface area contributed by atoms with Gasteiger partial charge in [0.15, 0.2) is 0 Å². The zero-order valence-electron chi connectivity index (χ0n) is 9.38. The smallest absolute Gasteiger partial charge is 0.0704 e. The molecule has 0 N–H and O–H groups in total. The van der Waals surface area contributed by atoms with Crippen molar-refractivity contribution >= 4 is 43.2 Å². The maximum atomic E-state index is 3.96. The van der Waals surface area contributed by atoms with Gasteiger partial charge >= 0.3 is 0 Å². The fraction of sp³-hybridized carbons (Fsp3) is 0.692. The summed E-state index contributed by atoms with van der Waals surface area (Å²) in [6, 6.07) is 2.31. The highest BCUT2D eigenvalue weighted by atomic mass is 79.9. The SMILES string of the molecule is Cc1sc(Br)cc1C(Br)C1CC2CCC1C2. The first kappa shape index (κ1) is 11.7. The summed E-state index contributed by atoms with van der Waals surface area (Å²) in [5, 5.41) is 0. The summed E-state index contributed by atoms with van der Waals surface area (Å²) in [4.78, 5) is 2.06. The molecule has 2 fully saturated rings. The van der Waals surface area contributed by atoms with Crippen LogP contribution in [0.15, 0.2) is 9.85 Å². The predicted octanol–water partition coefficient (Wildman–Crippen LogP) is 5.69. The molecule has 88 valence electrons. The van der Waals surface area contributed by atoms with E-state index in [4.69, 9.17) is 0 Å². The zero-order chi connectivity index (χ0) is 11.3. The molecule has 0 radical (unpaired) electrons. The zero-order valence-corrected chi connectivity index (χ0v) is 13.4. The predicted molar refractivity (Wildman–Crippen MR) is 77.4 cm³/mol. The Morgan fingerprint density at radius 2 is 2.19 bits per heavy atom. The topological polar surface area (TPSA) is 0 Å². The highest BCUT2D eigenvalue weighted by Crippen LogP contribution is 2.55. The molecular weight excluding hydrogens is 348 g/mol. The van der Waals surface area contributed by atoms with Gasteiger partial charge < -0.3 is 0 Å². The number of aryl methyl sites for hydroxylation is 1. The Kier molecular flexibility index (Phi) is 3.23. The van der Waals surface area contributed by atoms with Crippen molar-refractivity contribution in [3.05, 3.63) is 20.3 Å². The molecule has 0 aromatic carbocycles. The molecule has 0 spiro atoms. The molecule has 0 saturated heterocycles. The van der Waals surface area contributed by atoms with Crippen molar-refractivity contribution in [2.24, 2.45) is 17.8 Å². The van der Waals surface area contributed by atoms with Gasteiger partial charge in [0.25, 0.3) is 0 Å². The molecule has 2 aliphatic rings. The minimum absolute atomic E-state index is 0.588. The van der Waals surface area contributed by atoms with Crippen molar-refractivity contribution in [3.8, 4) is 0 Å². The van der Waals surface area contributed by atoms with Gasteiger partial charge in [-0.15, -0.1) is 11.3 Å². The summed E-state index contributed by atoms with van der Waals surface area (Å²) in [7, 11) is 0. The third-order valence-corrected chi connectivity index (χ3v) is 7.13. The summed E-state index contributed by atoms with van der Waals surface area (Å²) in [5.41, 5.74) is 1.52. The number of rotatable bonds is 2. The minimum Gasteiger partial charge on any atom is -0.133 e. The third kappa shape index (κ3) is 1.93. The number of hydrogen-bond donors (Lipinski definition) is 0. The van der Waals surface area contributed by atoms with Crippen molar-refractivity contribution in [1.82, 2.24) is 0 Å². The van der Waals surface area contributed by atoms with Crippen LogP contribution in [0.1, 0.15) is 41.0 Å². The van der Waals surface area contributed by atoms with E-state index in [2.05, 4.69) is 44.8 Å². The van der Waals surface area contributed by atoms with Gasteiger partial charge in [0.1, 0.15) is 0 Å². The third-order valence-electron chi connectivity index (χ3n) is 4.39. The van der Waals surface area contributed by atoms with Crippen LogP contribution in [-0.2, 0) is 0 Å². The lowest BCUT2D eigenvalue weighted by Crippen LogP contribution is -2.15. The van der Waals surface area contributed by atoms with Crippen LogP contribution in [0.5, 0.6) is 0 Å². The quantitative estimate of drug-likeness (QED) is 0.592. The fourth-order valence-corrected chi connectivity index (χ4v) is 6.65. The van der Waals surface area contributed by atoms with E-state index in [0.717, 1.165) is 17.8 Å². The lowest BCUT2D eigenvalue weighted by atomic mass is 9.84. The molecule has 16 heavy (non-hydrogen) atoms. The van der Waals surface area contributed by atoms with E-state index in [1.165, 1.54) is 39.9 Å². The van der Waals surface area contributed by atoms with Gasteiger partial charge in [0, 0.05) is 9.70 Å². The molecular formula is C13H16Br2S. The molecule has 2 aliphatic carbocycles. The monoisotopic (exact) mass is 362 g/mol. The van der Waals surface area contributed by atoms with Crippen LogP contribution < -0.4 is 0 Å². The largest absolute Gasteiger partial charge is 0.133 e. The van der Waals surface area contributed by atoms with Crippen LogP contribution in [0, 0.1) is 24.7 Å². The Morgan fingerprint density at radius 1 is 1.38 bits per heavy atom. The normalized spacial score (nSPS) is 34.6. The van der Waals surface area contributed by atoms with E-state index in [1.54, 1.807) is 0 Å². The summed E-state index contributed by atoms with van der Waals surface area (Å²) < 4.78 is 1.27. The molecule has 3 heteroatoms. The Morgan fingerprint density at radius 3 is 2.69 bits per heavy atom. The first-order valence-corrected chi connectivity index (χ1v) is 8.57. The van der Waals surface area contributed by atoms with Crippen LogP contribution in [-0.4, -0.2) is 0 Å². The standard InChI is InChI=1S/C13H16Br2S/c1-7-10(6-12(14)16-7)13(15)11-5-8-2-3-9(11)4-8/h6,8-9,11,13H,2-5H2,1H3. The number of alkyl halides is 1. The molecule has 0 amide bonds. The average molecular weight is 364 g/mol. The summed E-state index contributed by atoms with van der Waals surface area (Å²) in [6.07, 6.45) is 5.92. The van der Waals surface area contributed by atoms with E-state index in [9.17, 15) is 0 Å². The van der Waals surface area contributed by atoms with Crippen molar-refractivity contribution in [3.63, 3.8) is 0 Å². The van der Waals surface area contributed by atoms with E-state index >= 15 is 0 Å². The number of fused-ring (bicyclic) bond motifs is 2. The molecule has 2 bridgehead atoms. The summed E-state index contributed by atoms with van der Waals surface area (Å²) >= 11 is 9.43. The molecule has 0 aliphatic heterocycles. The molecule has 0 nitrogen and oxygen atoms in total. The van der Waals surface area contributed by atoms with Gasteiger partial charge in [-0.05, 0) is 71.5 Å². The maximum Gasteiger partial charge on any atom is 0.0704 e. The second-order valence-electron chi connectivity index (χ2n) is 5.30. The van der Waals surface area contributed by atoms with Gasteiger partial charge in [-0.1, -0.05) is 22.4 Å². The Labute approximate surface area is 118 Å². The second-order valence-corrected chi connectivity index (χ2v) is 8.92. The average Bonchev–Trinajstić information content (AvgIpc) is 2.91. The van der Waals surface area contributed by atoms with Crippen molar-refractivity contribution in [2.75, 3.05) is 0 Å². The van der Waals surface area contributed by atoms with E-state index in [1.807, 2.05) is 11.3 Å². The van der Waals surface area contributed by atoms with Gasteiger partial charge in [0.05, 0.1) is 3.79 Å². The van der Waals surface area contributed by atoms with Gasteiger partial charge in [0.2, 0.25) is 0 Å². The second kappa shape index (κ2) is 4.40. The maximum absolute atomic E-state index is 3.96. The Hall–Kier alpha value is 0.660. The number of halogens is 2. The molecule has 2 saturated carbocycles. The molecule has 1 aromatic heterocycles. The van der Waals surface area contributed by atoms with Crippen LogP contribution >= 0.6 is 43.2 Å². The van der Waals surface area contributed by atoms with Crippen LogP contribution in [0.3, 0.4) is 0 Å². The number of hydrogen-bond acceptors (Lipinski definition) is 1. The summed E-state index contributed by atoms with van der Waals surface area (Å²) in [5.74, 6) is 2.92. The highest BCUT2D eigenvalue weighted by Gasteiger charge is 2.43. The van der Waals surface area contributed by atoms with Crippen molar-refractivity contribution in [1.29, 1.82) is 0 Å². The lowest BCUT2D eigenvalue weighted by molar-refractivity contribution is 0.329. The van der Waals surface area contributed by atoms with Gasteiger partial charge in [-0.3, -0.25) is 0 Å². The molecule has 1 aromatic rings. The fourth-order valence-electron chi connectivity index (χ4n) is 3.62. The lowest BCUT2D eigenvalue weighted by Gasteiger charge is -2.26. The van der Waals surface area contributed by atoms with Gasteiger partial charge in [-0.25, -0.2) is 0 Å². The van der Waals surface area contributed by atoms with E-state index in [0.29, 0.717) is 4.83 Å². The van der Waals surface area contributed by atoms with Crippen LogP contribution in [0.4, 0.5) is 0 Å². The van der Waals surface area contributed by atoms with Crippen molar-refractivity contribution < 1.29 is 0 Å². The van der Waals surface area contributed by atoms with E-state index < -0.39 is 0 Å². The molecule has 4 atom stereocenters. The Bertz CT molecular complexity index is 399. The van der Waals surface area contributed by atoms with Crippen LogP contribution in [0.2, 0.25) is 0 Å². The van der Waals surface area contributed by atoms with Crippen LogP contribution in [0.25, 0.3) is 0 Å². The molecule has 4 unspecified atom stereocenters. The Balaban J connectivity index is 1.82. The summed E-state index contributed by atoms with van der Waals surface area (Å²) in [6.45, 7) is 2.24. The first-order chi connectivity index (χ1) is 7.65. The van der Waals surface area contributed by atoms with E-state index in [-0.39, 0.29) is 0 Å².